The molecular weight excluding hydrogens is 392 g/mol. The van der Waals surface area contributed by atoms with Gasteiger partial charge in [0, 0.05) is 10.6 Å². The van der Waals surface area contributed by atoms with Crippen LogP contribution in [0.4, 0.5) is 0 Å². The normalized spacial score (nSPS) is 15.5. The van der Waals surface area contributed by atoms with Crippen LogP contribution in [0, 0.1) is 0 Å². The Morgan fingerprint density at radius 3 is 2.77 bits per heavy atom. The lowest BCUT2D eigenvalue weighted by molar-refractivity contribution is -0.123. The molecule has 0 unspecified atom stereocenters. The molecule has 8 heteroatoms. The molecule has 1 N–H and O–H groups in total. The number of hydrazine groups is 1. The highest BCUT2D eigenvalue weighted by Crippen LogP contribution is 2.32. The molecule has 0 spiro atoms. The Kier molecular flexibility index (Phi) is 5.61. The Bertz CT molecular complexity index is 930. The lowest BCUT2D eigenvalue weighted by Crippen LogP contribution is -2.44. The van der Waals surface area contributed by atoms with Gasteiger partial charge in [-0.2, -0.15) is 5.01 Å². The van der Waals surface area contributed by atoms with Gasteiger partial charge < -0.3 is 4.74 Å². The summed E-state index contributed by atoms with van der Waals surface area (Å²) >= 11 is 12.2. The van der Waals surface area contributed by atoms with Crippen LogP contribution < -0.4 is 10.2 Å². The van der Waals surface area contributed by atoms with Crippen LogP contribution in [0.15, 0.2) is 53.4 Å². The summed E-state index contributed by atoms with van der Waals surface area (Å²) in [4.78, 5) is 25.3. The summed E-state index contributed by atoms with van der Waals surface area (Å²) in [5.41, 5.74) is 3.65. The molecule has 132 valence electrons. The Hall–Kier alpha value is -2.35. The van der Waals surface area contributed by atoms with Crippen LogP contribution in [0.3, 0.4) is 0 Å². The maximum Gasteiger partial charge on any atom is 0.285 e. The van der Waals surface area contributed by atoms with Crippen LogP contribution in [0.5, 0.6) is 5.75 Å². The summed E-state index contributed by atoms with van der Waals surface area (Å²) in [5.74, 6) is -0.173. The van der Waals surface area contributed by atoms with Crippen molar-refractivity contribution in [3.63, 3.8) is 0 Å². The van der Waals surface area contributed by atoms with E-state index < -0.39 is 11.8 Å². The van der Waals surface area contributed by atoms with E-state index in [0.717, 1.165) is 22.3 Å². The Morgan fingerprint density at radius 1 is 1.27 bits per heavy atom. The van der Waals surface area contributed by atoms with E-state index in [0.29, 0.717) is 21.2 Å². The summed E-state index contributed by atoms with van der Waals surface area (Å²) < 4.78 is 5.42. The highest BCUT2D eigenvalue weighted by molar-refractivity contribution is 8.26. The lowest BCUT2D eigenvalue weighted by Gasteiger charge is -2.15. The summed E-state index contributed by atoms with van der Waals surface area (Å²) in [6, 6.07) is 13.7. The molecule has 0 saturated carbocycles. The minimum Gasteiger partial charge on any atom is -0.497 e. The van der Waals surface area contributed by atoms with Crippen molar-refractivity contribution in [2.75, 3.05) is 7.11 Å². The van der Waals surface area contributed by atoms with Crippen LogP contribution in [0.1, 0.15) is 15.9 Å². The molecule has 1 aliphatic rings. The predicted octanol–water partition coefficient (Wildman–Crippen LogP) is 3.89. The Morgan fingerprint density at radius 2 is 2.04 bits per heavy atom. The fraction of sp³-hybridized carbons (Fsp3) is 0.0556. The molecule has 2 aromatic carbocycles. The van der Waals surface area contributed by atoms with Crippen molar-refractivity contribution in [2.24, 2.45) is 0 Å². The maximum absolute atomic E-state index is 12.6. The number of carbonyl (C=O) groups is 2. The van der Waals surface area contributed by atoms with Gasteiger partial charge in [-0.15, -0.1) is 0 Å². The third kappa shape index (κ3) is 4.07. The lowest BCUT2D eigenvalue weighted by atomic mass is 10.2. The molecule has 2 aromatic rings. The van der Waals surface area contributed by atoms with Crippen molar-refractivity contribution in [2.45, 2.75) is 0 Å². The molecule has 5 nitrogen and oxygen atoms in total. The molecule has 1 saturated heterocycles. The first-order valence-corrected chi connectivity index (χ1v) is 9.07. The molecule has 0 radical (unpaired) electrons. The fourth-order valence-electron chi connectivity index (χ4n) is 2.24. The number of ether oxygens (including phenoxy) is 1. The minimum atomic E-state index is -0.466. The first-order valence-electron chi connectivity index (χ1n) is 7.46. The molecule has 2 amide bonds. The van der Waals surface area contributed by atoms with Crippen molar-refractivity contribution in [1.29, 1.82) is 0 Å². The minimum absolute atomic E-state index is 0.250. The molecule has 1 fully saturated rings. The van der Waals surface area contributed by atoms with Gasteiger partial charge in [0.25, 0.3) is 11.8 Å². The topological polar surface area (TPSA) is 58.6 Å². The summed E-state index contributed by atoms with van der Waals surface area (Å²) in [6.45, 7) is 0. The second-order valence-electron chi connectivity index (χ2n) is 5.25. The van der Waals surface area contributed by atoms with Gasteiger partial charge >= 0.3 is 0 Å². The van der Waals surface area contributed by atoms with Gasteiger partial charge in [0.1, 0.15) is 5.75 Å². The zero-order valence-corrected chi connectivity index (χ0v) is 16.0. The van der Waals surface area contributed by atoms with Gasteiger partial charge in [0.2, 0.25) is 0 Å². The van der Waals surface area contributed by atoms with E-state index in [-0.39, 0.29) is 4.32 Å². The van der Waals surface area contributed by atoms with E-state index in [1.54, 1.807) is 37.5 Å². The van der Waals surface area contributed by atoms with Crippen molar-refractivity contribution in [3.8, 4) is 5.75 Å². The average molecular weight is 405 g/mol. The Labute approximate surface area is 164 Å². The number of hydrogen-bond donors (Lipinski definition) is 1. The number of amides is 2. The standard InChI is InChI=1S/C18H13ClN2O3S2/c1-24-14-7-2-4-11(8-14)9-15-17(23)21(18(25)26-15)20-16(22)12-5-3-6-13(19)10-12/h2-10H,1H3,(H,20,22)/b15-9+. The number of nitrogens with one attached hydrogen (secondary N) is 1. The summed E-state index contributed by atoms with van der Waals surface area (Å²) in [6.07, 6.45) is 1.70. The summed E-state index contributed by atoms with van der Waals surface area (Å²) in [5, 5.41) is 1.50. The molecule has 1 heterocycles. The van der Waals surface area contributed by atoms with E-state index in [9.17, 15) is 9.59 Å². The number of halogens is 1. The second-order valence-corrected chi connectivity index (χ2v) is 7.36. The average Bonchev–Trinajstić information content (AvgIpc) is 2.89. The second kappa shape index (κ2) is 7.90. The number of methoxy groups -OCH3 is 1. The van der Waals surface area contributed by atoms with E-state index in [2.05, 4.69) is 5.43 Å². The highest BCUT2D eigenvalue weighted by Gasteiger charge is 2.33. The maximum atomic E-state index is 12.6. The molecule has 1 aliphatic heterocycles. The third-order valence-corrected chi connectivity index (χ3v) is 5.02. The number of nitrogens with zero attached hydrogens (tertiary/aromatic N) is 1. The molecule has 26 heavy (non-hydrogen) atoms. The van der Waals surface area contributed by atoms with E-state index in [1.165, 1.54) is 6.07 Å². The molecule has 0 atom stereocenters. The van der Waals surface area contributed by atoms with Crippen LogP contribution in [0.2, 0.25) is 5.02 Å². The number of thiocarbonyl (C=S) groups is 1. The van der Waals surface area contributed by atoms with Crippen molar-refractivity contribution in [3.05, 3.63) is 69.6 Å². The van der Waals surface area contributed by atoms with Gasteiger partial charge in [-0.1, -0.05) is 41.6 Å². The number of hydrogen-bond acceptors (Lipinski definition) is 5. The van der Waals surface area contributed by atoms with Crippen molar-refractivity contribution < 1.29 is 14.3 Å². The van der Waals surface area contributed by atoms with Crippen LogP contribution >= 0.6 is 35.6 Å². The number of rotatable bonds is 4. The smallest absolute Gasteiger partial charge is 0.285 e. The number of thioether (sulfide) groups is 1. The number of carbonyl (C=O) groups excluding carboxylic acids is 2. The van der Waals surface area contributed by atoms with Gasteiger partial charge in [0.15, 0.2) is 4.32 Å². The first kappa shape index (κ1) is 18.4. The van der Waals surface area contributed by atoms with Gasteiger partial charge in [-0.25, -0.2) is 0 Å². The van der Waals surface area contributed by atoms with Crippen LogP contribution in [-0.2, 0) is 4.79 Å². The molecule has 0 bridgehead atoms. The van der Waals surface area contributed by atoms with Gasteiger partial charge in [0.05, 0.1) is 12.0 Å². The monoisotopic (exact) mass is 404 g/mol. The van der Waals surface area contributed by atoms with Gasteiger partial charge in [-0.3, -0.25) is 15.0 Å². The Balaban J connectivity index is 1.78. The van der Waals surface area contributed by atoms with E-state index >= 15 is 0 Å². The molecule has 3 rings (SSSR count). The third-order valence-electron chi connectivity index (χ3n) is 3.49. The largest absolute Gasteiger partial charge is 0.497 e. The SMILES string of the molecule is COc1cccc(/C=C2/SC(=S)N(NC(=O)c3cccc(Cl)c3)C2=O)c1. The van der Waals surface area contributed by atoms with E-state index in [1.807, 2.05) is 18.2 Å². The quantitative estimate of drug-likeness (QED) is 0.618. The molecule has 0 aromatic heterocycles. The predicted molar refractivity (Wildman–Crippen MR) is 107 cm³/mol. The van der Waals surface area contributed by atoms with Crippen LogP contribution in [0.25, 0.3) is 6.08 Å². The molecule has 0 aliphatic carbocycles. The zero-order valence-electron chi connectivity index (χ0n) is 13.6. The highest BCUT2D eigenvalue weighted by atomic mass is 35.5. The van der Waals surface area contributed by atoms with E-state index in [4.69, 9.17) is 28.6 Å². The first-order chi connectivity index (χ1) is 12.5. The number of benzene rings is 2. The van der Waals surface area contributed by atoms with Crippen molar-refractivity contribution in [1.82, 2.24) is 10.4 Å². The fourth-order valence-corrected chi connectivity index (χ4v) is 3.61. The summed E-state index contributed by atoms with van der Waals surface area (Å²) in [7, 11) is 1.57. The van der Waals surface area contributed by atoms with Gasteiger partial charge in [-0.05, 0) is 54.2 Å². The zero-order chi connectivity index (χ0) is 18.7. The van der Waals surface area contributed by atoms with Crippen molar-refractivity contribution >= 4 is 57.8 Å². The van der Waals surface area contributed by atoms with Crippen LogP contribution in [-0.4, -0.2) is 28.3 Å². The molecular formula is C18H13ClN2O3S2.